The van der Waals surface area contributed by atoms with Gasteiger partial charge in [0, 0.05) is 17.2 Å². The molecule has 0 aliphatic heterocycles. The number of hydrogen-bond donors (Lipinski definition) is 0. The molecule has 0 saturated heterocycles. The number of aromatic nitrogens is 5. The third-order valence-electron chi connectivity index (χ3n) is 5.47. The molecule has 0 spiro atoms. The van der Waals surface area contributed by atoms with E-state index in [1.807, 2.05) is 29.8 Å². The van der Waals surface area contributed by atoms with Crippen LogP contribution in [0.5, 0.6) is 0 Å². The summed E-state index contributed by atoms with van der Waals surface area (Å²) in [6.45, 7) is 10.3. The molecule has 6 nitrogen and oxygen atoms in total. The van der Waals surface area contributed by atoms with Gasteiger partial charge in [-0.3, -0.25) is 8.61 Å². The lowest BCUT2D eigenvalue weighted by atomic mass is 9.96. The Morgan fingerprint density at radius 3 is 2.50 bits per heavy atom. The number of imidazole rings is 1. The summed E-state index contributed by atoms with van der Waals surface area (Å²) in [6.07, 6.45) is 5.63. The lowest BCUT2D eigenvalue weighted by Crippen LogP contribution is -2.06. The van der Waals surface area contributed by atoms with E-state index in [2.05, 4.69) is 32.7 Å². The first kappa shape index (κ1) is 19.1. The standard InChI is InChI=1S/C20H23N5OS2/c1-7-28(26)20-18-13(4)11(2)12(3)14(5)19(18)23-25(20)16-9-24-10-21-17(27-6)8-15(24)22-16/h8-10H,7H2,1-6H3. The summed E-state index contributed by atoms with van der Waals surface area (Å²) in [4.78, 5) is 9.14. The van der Waals surface area contributed by atoms with E-state index in [9.17, 15) is 4.21 Å². The predicted molar refractivity (Wildman–Crippen MR) is 115 cm³/mol. The Kier molecular flexibility index (Phi) is 4.79. The summed E-state index contributed by atoms with van der Waals surface area (Å²) in [5, 5.41) is 7.49. The number of nitrogens with zero attached hydrogens (tertiary/aromatic N) is 5. The van der Waals surface area contributed by atoms with Gasteiger partial charge in [-0.15, -0.1) is 11.8 Å². The Balaban J connectivity index is 2.08. The summed E-state index contributed by atoms with van der Waals surface area (Å²) >= 11 is 1.58. The highest BCUT2D eigenvalue weighted by atomic mass is 32.2. The highest BCUT2D eigenvalue weighted by Crippen LogP contribution is 2.34. The first-order chi connectivity index (χ1) is 13.4. The molecule has 28 heavy (non-hydrogen) atoms. The van der Waals surface area contributed by atoms with Crippen molar-refractivity contribution in [1.82, 2.24) is 24.1 Å². The zero-order valence-electron chi connectivity index (χ0n) is 16.9. The molecular weight excluding hydrogens is 390 g/mol. The van der Waals surface area contributed by atoms with E-state index in [0.29, 0.717) is 11.6 Å². The Morgan fingerprint density at radius 1 is 1.11 bits per heavy atom. The van der Waals surface area contributed by atoms with E-state index in [1.165, 1.54) is 11.1 Å². The van der Waals surface area contributed by atoms with Crippen molar-refractivity contribution in [3.05, 3.63) is 40.8 Å². The Hall–Kier alpha value is -2.19. The summed E-state index contributed by atoms with van der Waals surface area (Å²) in [7, 11) is -1.18. The molecule has 0 aliphatic rings. The Morgan fingerprint density at radius 2 is 1.82 bits per heavy atom. The van der Waals surface area contributed by atoms with E-state index in [0.717, 1.165) is 37.7 Å². The van der Waals surface area contributed by atoms with Crippen molar-refractivity contribution in [1.29, 1.82) is 0 Å². The number of fused-ring (bicyclic) bond motifs is 2. The van der Waals surface area contributed by atoms with E-state index >= 15 is 0 Å². The summed E-state index contributed by atoms with van der Waals surface area (Å²) in [6, 6.07) is 1.94. The van der Waals surface area contributed by atoms with Crippen LogP contribution in [-0.4, -0.2) is 40.4 Å². The van der Waals surface area contributed by atoms with Gasteiger partial charge in [0.2, 0.25) is 0 Å². The van der Waals surface area contributed by atoms with Crippen LogP contribution >= 0.6 is 11.8 Å². The van der Waals surface area contributed by atoms with Gasteiger partial charge in [0.05, 0.1) is 22.5 Å². The topological polar surface area (TPSA) is 65.1 Å². The van der Waals surface area contributed by atoms with Gasteiger partial charge in [0.25, 0.3) is 0 Å². The molecule has 1 aromatic carbocycles. The zero-order valence-corrected chi connectivity index (χ0v) is 18.5. The van der Waals surface area contributed by atoms with Crippen molar-refractivity contribution in [2.24, 2.45) is 0 Å². The Labute approximate surface area is 170 Å². The van der Waals surface area contributed by atoms with Gasteiger partial charge >= 0.3 is 0 Å². The average molecular weight is 414 g/mol. The molecule has 1 unspecified atom stereocenters. The lowest BCUT2D eigenvalue weighted by molar-refractivity contribution is 0.673. The van der Waals surface area contributed by atoms with Crippen LogP contribution in [0.25, 0.3) is 22.4 Å². The summed E-state index contributed by atoms with van der Waals surface area (Å²) < 4.78 is 16.7. The number of rotatable bonds is 4. The molecule has 0 bridgehead atoms. The van der Waals surface area contributed by atoms with Gasteiger partial charge in [-0.05, 0) is 56.2 Å². The second kappa shape index (κ2) is 7.00. The normalized spacial score (nSPS) is 12.9. The monoisotopic (exact) mass is 413 g/mol. The second-order valence-corrected chi connectivity index (χ2v) is 9.35. The van der Waals surface area contributed by atoms with Crippen LogP contribution in [0.15, 0.2) is 28.6 Å². The van der Waals surface area contributed by atoms with E-state index in [1.54, 1.807) is 22.8 Å². The van der Waals surface area contributed by atoms with E-state index < -0.39 is 10.8 Å². The van der Waals surface area contributed by atoms with E-state index in [4.69, 9.17) is 10.1 Å². The first-order valence-corrected chi connectivity index (χ1v) is 11.7. The number of thioether (sulfide) groups is 1. The smallest absolute Gasteiger partial charge is 0.173 e. The van der Waals surface area contributed by atoms with Crippen molar-refractivity contribution in [3.8, 4) is 5.82 Å². The molecule has 8 heteroatoms. The molecule has 3 heterocycles. The SMILES string of the molecule is CCS(=O)c1c2c(C)c(C)c(C)c(C)c2nn1-c1cn2cnc(SC)cc2n1. The molecule has 0 saturated carbocycles. The fourth-order valence-electron chi connectivity index (χ4n) is 3.51. The maximum Gasteiger partial charge on any atom is 0.173 e. The summed E-state index contributed by atoms with van der Waals surface area (Å²) in [5.41, 5.74) is 6.41. The number of hydrogen-bond acceptors (Lipinski definition) is 5. The van der Waals surface area contributed by atoms with Gasteiger partial charge in [0.1, 0.15) is 22.0 Å². The molecule has 3 aromatic heterocycles. The minimum absolute atomic E-state index is 0.526. The van der Waals surface area contributed by atoms with Gasteiger partial charge < -0.3 is 0 Å². The highest BCUT2D eigenvalue weighted by Gasteiger charge is 2.24. The van der Waals surface area contributed by atoms with Gasteiger partial charge in [-0.2, -0.15) is 5.10 Å². The van der Waals surface area contributed by atoms with Crippen molar-refractivity contribution in [2.45, 2.75) is 44.7 Å². The maximum absolute atomic E-state index is 13.1. The fraction of sp³-hybridized carbons (Fsp3) is 0.350. The van der Waals surface area contributed by atoms with Gasteiger partial charge in [-0.1, -0.05) is 6.92 Å². The fourth-order valence-corrected chi connectivity index (χ4v) is 4.96. The van der Waals surface area contributed by atoms with Crippen molar-refractivity contribution >= 4 is 39.1 Å². The molecule has 146 valence electrons. The van der Waals surface area contributed by atoms with Gasteiger partial charge in [0.15, 0.2) is 5.82 Å². The molecule has 4 aromatic rings. The van der Waals surface area contributed by atoms with Crippen molar-refractivity contribution < 1.29 is 4.21 Å². The molecule has 0 fully saturated rings. The van der Waals surface area contributed by atoms with Crippen LogP contribution < -0.4 is 0 Å². The first-order valence-electron chi connectivity index (χ1n) is 9.13. The zero-order chi connectivity index (χ0) is 20.2. The molecular formula is C20H23N5OS2. The van der Waals surface area contributed by atoms with Crippen LogP contribution in [0, 0.1) is 27.7 Å². The minimum atomic E-state index is -1.18. The average Bonchev–Trinajstić information content (AvgIpc) is 3.30. The molecule has 0 amide bonds. The number of aryl methyl sites for hydroxylation is 2. The van der Waals surface area contributed by atoms with Crippen LogP contribution in [-0.2, 0) is 10.8 Å². The molecule has 4 rings (SSSR count). The van der Waals surface area contributed by atoms with Crippen LogP contribution in [0.3, 0.4) is 0 Å². The Bertz CT molecular complexity index is 1260. The molecule has 0 radical (unpaired) electrons. The van der Waals surface area contributed by atoms with Crippen LogP contribution in [0.4, 0.5) is 0 Å². The minimum Gasteiger partial charge on any atom is -0.288 e. The van der Waals surface area contributed by atoms with Crippen molar-refractivity contribution in [2.75, 3.05) is 12.0 Å². The third kappa shape index (κ3) is 2.78. The lowest BCUT2D eigenvalue weighted by Gasteiger charge is -2.10. The molecule has 1 atom stereocenters. The maximum atomic E-state index is 13.1. The molecule has 0 aliphatic carbocycles. The number of benzene rings is 1. The van der Waals surface area contributed by atoms with Crippen molar-refractivity contribution in [3.63, 3.8) is 0 Å². The van der Waals surface area contributed by atoms with Crippen LogP contribution in [0.2, 0.25) is 0 Å². The molecule has 0 N–H and O–H groups in total. The largest absolute Gasteiger partial charge is 0.288 e. The summed E-state index contributed by atoms with van der Waals surface area (Å²) in [5.74, 6) is 1.18. The van der Waals surface area contributed by atoms with Crippen LogP contribution in [0.1, 0.15) is 29.2 Å². The van der Waals surface area contributed by atoms with E-state index in [-0.39, 0.29) is 0 Å². The predicted octanol–water partition coefficient (Wildman–Crippen LogP) is 4.15. The third-order valence-corrected chi connectivity index (χ3v) is 7.45. The quantitative estimate of drug-likeness (QED) is 0.371. The second-order valence-electron chi connectivity index (χ2n) is 6.87. The van der Waals surface area contributed by atoms with Gasteiger partial charge in [-0.25, -0.2) is 14.6 Å². The highest BCUT2D eigenvalue weighted by molar-refractivity contribution is 7.98.